The zero-order valence-corrected chi connectivity index (χ0v) is 9.58. The molecule has 1 N–H and O–H groups in total. The van der Waals surface area contributed by atoms with E-state index in [0.717, 1.165) is 18.2 Å². The van der Waals surface area contributed by atoms with Crippen LogP contribution in [0, 0.1) is 0 Å². The predicted molar refractivity (Wildman–Crippen MR) is 55.5 cm³/mol. The lowest BCUT2D eigenvalue weighted by atomic mass is 10.4. The summed E-state index contributed by atoms with van der Waals surface area (Å²) in [7, 11) is 0. The van der Waals surface area contributed by atoms with Gasteiger partial charge in [0.1, 0.15) is 0 Å². The minimum absolute atomic E-state index is 0.00850. The molecule has 1 rings (SSSR count). The van der Waals surface area contributed by atoms with E-state index >= 15 is 0 Å². The first-order chi connectivity index (χ1) is 7.32. The van der Waals surface area contributed by atoms with Gasteiger partial charge in [-0.1, -0.05) is 25.6 Å². The Balaban J connectivity index is 3.04. The Morgan fingerprint density at radius 2 is 2.19 bits per heavy atom. The molecule has 0 saturated carbocycles. The largest absolute Gasteiger partial charge is 0.433 e. The van der Waals surface area contributed by atoms with E-state index in [-0.39, 0.29) is 10.4 Å². The van der Waals surface area contributed by atoms with Gasteiger partial charge >= 0.3 is 6.18 Å². The summed E-state index contributed by atoms with van der Waals surface area (Å²) >= 11 is 1.12. The van der Waals surface area contributed by atoms with Crippen LogP contribution in [0.4, 0.5) is 13.2 Å². The molecule has 0 bridgehead atoms. The number of aromatic nitrogens is 2. The van der Waals surface area contributed by atoms with Gasteiger partial charge in [-0.3, -0.25) is 4.79 Å². The zero-order chi connectivity index (χ0) is 12.3. The molecule has 1 aromatic heterocycles. The van der Waals surface area contributed by atoms with Crippen LogP contribution in [0.1, 0.15) is 26.0 Å². The van der Waals surface area contributed by atoms with Crippen molar-refractivity contribution >= 4 is 11.8 Å². The van der Waals surface area contributed by atoms with Crippen molar-refractivity contribution in [2.75, 3.05) is 0 Å². The van der Waals surface area contributed by atoms with Crippen molar-refractivity contribution in [3.05, 3.63) is 22.1 Å². The summed E-state index contributed by atoms with van der Waals surface area (Å²) in [4.78, 5) is 16.7. The van der Waals surface area contributed by atoms with E-state index in [9.17, 15) is 18.0 Å². The minimum atomic E-state index is -4.58. The van der Waals surface area contributed by atoms with E-state index in [0.29, 0.717) is 6.07 Å². The van der Waals surface area contributed by atoms with Crippen molar-refractivity contribution in [2.24, 2.45) is 0 Å². The van der Waals surface area contributed by atoms with Crippen LogP contribution in [0.15, 0.2) is 16.0 Å². The van der Waals surface area contributed by atoms with Gasteiger partial charge in [-0.25, -0.2) is 4.98 Å². The summed E-state index contributed by atoms with van der Waals surface area (Å²) in [6.45, 7) is 3.76. The van der Waals surface area contributed by atoms with Gasteiger partial charge in [-0.2, -0.15) is 13.2 Å². The standard InChI is InChI=1S/C9H11F3N2OS/c1-3-5(2)16-8-13-6(9(10,11)12)4-7(15)14-8/h4-5H,3H2,1-2H3,(H,13,14,15)/t5-/m1/s1. The van der Waals surface area contributed by atoms with Crippen LogP contribution in [0.5, 0.6) is 0 Å². The third-order valence-corrected chi connectivity index (χ3v) is 3.05. The van der Waals surface area contributed by atoms with E-state index in [2.05, 4.69) is 9.97 Å². The van der Waals surface area contributed by atoms with Gasteiger partial charge in [0.15, 0.2) is 10.9 Å². The molecule has 0 spiro atoms. The third kappa shape index (κ3) is 3.55. The second-order valence-electron chi connectivity index (χ2n) is 3.27. The summed E-state index contributed by atoms with van der Waals surface area (Å²) < 4.78 is 37.0. The van der Waals surface area contributed by atoms with Crippen molar-refractivity contribution in [1.29, 1.82) is 0 Å². The molecule has 0 amide bonds. The fraction of sp³-hybridized carbons (Fsp3) is 0.556. The van der Waals surface area contributed by atoms with Crippen LogP contribution in [0.2, 0.25) is 0 Å². The Morgan fingerprint density at radius 3 is 2.69 bits per heavy atom. The Bertz CT molecular complexity index is 416. The van der Waals surface area contributed by atoms with Crippen LogP contribution in [0.25, 0.3) is 0 Å². The number of aromatic amines is 1. The van der Waals surface area contributed by atoms with Gasteiger partial charge < -0.3 is 4.98 Å². The summed E-state index contributed by atoms with van der Waals surface area (Å²) in [6, 6.07) is 0.459. The summed E-state index contributed by atoms with van der Waals surface area (Å²) in [5.74, 6) is 0. The molecule has 0 saturated heterocycles. The normalized spacial score (nSPS) is 13.8. The van der Waals surface area contributed by atoms with Crippen LogP contribution < -0.4 is 5.56 Å². The average molecular weight is 252 g/mol. The smallest absolute Gasteiger partial charge is 0.301 e. The highest BCUT2D eigenvalue weighted by Gasteiger charge is 2.33. The summed E-state index contributed by atoms with van der Waals surface area (Å²) in [6.07, 6.45) is -3.80. The Labute approximate surface area is 94.5 Å². The van der Waals surface area contributed by atoms with Gasteiger partial charge in [-0.15, -0.1) is 0 Å². The lowest BCUT2D eigenvalue weighted by Crippen LogP contribution is -2.17. The molecule has 7 heteroatoms. The number of hydrogen-bond acceptors (Lipinski definition) is 3. The number of rotatable bonds is 3. The summed E-state index contributed by atoms with van der Waals surface area (Å²) in [5, 5.41) is 0.112. The number of H-pyrrole nitrogens is 1. The van der Waals surface area contributed by atoms with Crippen molar-refractivity contribution in [3.63, 3.8) is 0 Å². The van der Waals surface area contributed by atoms with Crippen molar-refractivity contribution in [3.8, 4) is 0 Å². The average Bonchev–Trinajstić information content (AvgIpc) is 2.15. The Kier molecular flexibility index (Phi) is 4.01. The molecule has 1 atom stereocenters. The third-order valence-electron chi connectivity index (χ3n) is 1.90. The first-order valence-corrected chi connectivity index (χ1v) is 5.56. The molecule has 0 aliphatic rings. The topological polar surface area (TPSA) is 45.8 Å². The molecule has 0 aromatic carbocycles. The van der Waals surface area contributed by atoms with E-state index in [4.69, 9.17) is 0 Å². The molecule has 0 fully saturated rings. The van der Waals surface area contributed by atoms with Crippen molar-refractivity contribution in [2.45, 2.75) is 36.9 Å². The second kappa shape index (κ2) is 4.90. The quantitative estimate of drug-likeness (QED) is 0.664. The van der Waals surface area contributed by atoms with Crippen LogP contribution in [-0.4, -0.2) is 15.2 Å². The lowest BCUT2D eigenvalue weighted by molar-refractivity contribution is -0.141. The minimum Gasteiger partial charge on any atom is -0.301 e. The molecule has 16 heavy (non-hydrogen) atoms. The first-order valence-electron chi connectivity index (χ1n) is 4.68. The fourth-order valence-corrected chi connectivity index (χ4v) is 1.77. The molecule has 3 nitrogen and oxygen atoms in total. The number of thioether (sulfide) groups is 1. The maximum Gasteiger partial charge on any atom is 0.433 e. The molecule has 90 valence electrons. The van der Waals surface area contributed by atoms with Crippen LogP contribution in [-0.2, 0) is 6.18 Å². The van der Waals surface area contributed by atoms with Gasteiger partial charge in [0.05, 0.1) is 0 Å². The van der Waals surface area contributed by atoms with Crippen LogP contribution >= 0.6 is 11.8 Å². The number of nitrogens with one attached hydrogen (secondary N) is 1. The lowest BCUT2D eigenvalue weighted by Gasteiger charge is -2.09. The maximum absolute atomic E-state index is 12.3. The molecule has 1 heterocycles. The number of halogens is 3. The number of nitrogens with zero attached hydrogens (tertiary/aromatic N) is 1. The monoisotopic (exact) mass is 252 g/mol. The first kappa shape index (κ1) is 13.1. The number of alkyl halides is 3. The van der Waals surface area contributed by atoms with E-state index in [1.54, 1.807) is 0 Å². The van der Waals surface area contributed by atoms with E-state index < -0.39 is 17.4 Å². The molecule has 1 aromatic rings. The highest BCUT2D eigenvalue weighted by Crippen LogP contribution is 2.28. The van der Waals surface area contributed by atoms with Crippen molar-refractivity contribution in [1.82, 2.24) is 9.97 Å². The Hall–Kier alpha value is -0.980. The molecule has 0 aliphatic heterocycles. The second-order valence-corrected chi connectivity index (χ2v) is 4.70. The fourth-order valence-electron chi connectivity index (χ4n) is 0.910. The molecule has 0 radical (unpaired) electrons. The predicted octanol–water partition coefficient (Wildman–Crippen LogP) is 2.68. The zero-order valence-electron chi connectivity index (χ0n) is 8.76. The van der Waals surface area contributed by atoms with Gasteiger partial charge in [0.25, 0.3) is 5.56 Å². The van der Waals surface area contributed by atoms with Gasteiger partial charge in [0.2, 0.25) is 0 Å². The molecule has 0 unspecified atom stereocenters. The summed E-state index contributed by atoms with van der Waals surface area (Å²) in [5.41, 5.74) is -1.94. The highest BCUT2D eigenvalue weighted by molar-refractivity contribution is 7.99. The SMILES string of the molecule is CC[C@@H](C)Sc1nc(C(F)(F)F)cc(=O)[nH]1. The molecular weight excluding hydrogens is 241 g/mol. The van der Waals surface area contributed by atoms with Gasteiger partial charge in [-0.05, 0) is 6.42 Å². The Morgan fingerprint density at radius 1 is 1.56 bits per heavy atom. The van der Waals surface area contributed by atoms with E-state index in [1.165, 1.54) is 0 Å². The van der Waals surface area contributed by atoms with Gasteiger partial charge in [0, 0.05) is 11.3 Å². The molecular formula is C9H11F3N2OS. The van der Waals surface area contributed by atoms with Crippen LogP contribution in [0.3, 0.4) is 0 Å². The number of hydrogen-bond donors (Lipinski definition) is 1. The highest BCUT2D eigenvalue weighted by atomic mass is 32.2. The van der Waals surface area contributed by atoms with E-state index in [1.807, 2.05) is 13.8 Å². The molecule has 0 aliphatic carbocycles. The maximum atomic E-state index is 12.3. The van der Waals surface area contributed by atoms with Crippen molar-refractivity contribution < 1.29 is 13.2 Å².